The highest BCUT2D eigenvalue weighted by molar-refractivity contribution is 7.80. The summed E-state index contributed by atoms with van der Waals surface area (Å²) in [5.74, 6) is 0. The van der Waals surface area contributed by atoms with E-state index in [1.165, 1.54) is 0 Å². The van der Waals surface area contributed by atoms with Crippen LogP contribution < -0.4 is 10.6 Å². The van der Waals surface area contributed by atoms with Crippen LogP contribution in [0.5, 0.6) is 0 Å². The van der Waals surface area contributed by atoms with Crippen LogP contribution in [0.15, 0.2) is 0 Å². The minimum absolute atomic E-state index is 0.0845. The molecule has 1 atom stereocenters. The molecule has 1 saturated heterocycles. The molecule has 1 aliphatic heterocycles. The van der Waals surface area contributed by atoms with Gasteiger partial charge in [-0.15, -0.1) is 0 Å². The summed E-state index contributed by atoms with van der Waals surface area (Å²) in [6, 6.07) is 2.01. The molecule has 9 heavy (non-hydrogen) atoms. The summed E-state index contributed by atoms with van der Waals surface area (Å²) >= 11 is 4.78. The summed E-state index contributed by atoms with van der Waals surface area (Å²) in [7, 11) is 0. The lowest BCUT2D eigenvalue weighted by molar-refractivity contribution is 0.601. The molecule has 3 nitrogen and oxygen atoms in total. The molecule has 1 unspecified atom stereocenters. The molecule has 48 valence electrons. The first kappa shape index (κ1) is 6.30. The summed E-state index contributed by atoms with van der Waals surface area (Å²) in [6.45, 7) is 0.810. The van der Waals surface area contributed by atoms with E-state index in [2.05, 4.69) is 16.7 Å². The highest BCUT2D eigenvalue weighted by Gasteiger charge is 2.12. The Kier molecular flexibility index (Phi) is 1.85. The van der Waals surface area contributed by atoms with Crippen LogP contribution in [-0.4, -0.2) is 17.7 Å². The molecule has 4 heteroatoms. The molecule has 0 aromatic heterocycles. The Balaban J connectivity index is 2.43. The highest BCUT2D eigenvalue weighted by atomic mass is 32.1. The van der Waals surface area contributed by atoms with E-state index in [1.54, 1.807) is 0 Å². The molecule has 0 spiro atoms. The van der Waals surface area contributed by atoms with E-state index in [0.717, 1.165) is 13.0 Å². The molecule has 0 amide bonds. The molecule has 0 saturated carbocycles. The van der Waals surface area contributed by atoms with E-state index < -0.39 is 0 Å². The molecular weight excluding hydrogens is 134 g/mol. The van der Waals surface area contributed by atoms with E-state index in [1.807, 2.05) is 0 Å². The van der Waals surface area contributed by atoms with Crippen molar-refractivity contribution in [3.05, 3.63) is 0 Å². The smallest absolute Gasteiger partial charge is 0.167 e. The molecule has 1 heterocycles. The SMILES string of the molecule is N#CC1CCNC(=S)N1. The second-order valence-electron chi connectivity index (χ2n) is 1.87. The van der Waals surface area contributed by atoms with Crippen LogP contribution in [0.3, 0.4) is 0 Å². The van der Waals surface area contributed by atoms with Crippen LogP contribution in [0.4, 0.5) is 0 Å². The van der Waals surface area contributed by atoms with Crippen molar-refractivity contribution >= 4 is 17.3 Å². The Bertz CT molecular complexity index is 160. The lowest BCUT2D eigenvalue weighted by Gasteiger charge is -2.20. The van der Waals surface area contributed by atoms with Gasteiger partial charge in [0.15, 0.2) is 5.11 Å². The molecule has 0 radical (unpaired) electrons. The van der Waals surface area contributed by atoms with Gasteiger partial charge >= 0.3 is 0 Å². The molecule has 0 aromatic carbocycles. The van der Waals surface area contributed by atoms with Gasteiger partial charge in [-0.1, -0.05) is 0 Å². The van der Waals surface area contributed by atoms with Crippen molar-refractivity contribution in [3.63, 3.8) is 0 Å². The second kappa shape index (κ2) is 2.65. The Hall–Kier alpha value is -0.820. The first-order valence-corrected chi connectivity index (χ1v) is 3.18. The van der Waals surface area contributed by atoms with Gasteiger partial charge in [0.1, 0.15) is 6.04 Å². The number of hydrogen-bond donors (Lipinski definition) is 2. The van der Waals surface area contributed by atoms with E-state index in [0.29, 0.717) is 5.11 Å². The zero-order valence-corrected chi connectivity index (χ0v) is 5.66. The first-order chi connectivity index (χ1) is 4.33. The van der Waals surface area contributed by atoms with Crippen molar-refractivity contribution < 1.29 is 0 Å². The van der Waals surface area contributed by atoms with Crippen molar-refractivity contribution in [2.75, 3.05) is 6.54 Å². The molecule has 1 rings (SSSR count). The third kappa shape index (κ3) is 1.54. The van der Waals surface area contributed by atoms with Gasteiger partial charge in [-0.2, -0.15) is 5.26 Å². The maximum Gasteiger partial charge on any atom is 0.167 e. The summed E-state index contributed by atoms with van der Waals surface area (Å²) in [6.07, 6.45) is 0.830. The molecule has 2 N–H and O–H groups in total. The average molecular weight is 141 g/mol. The van der Waals surface area contributed by atoms with Crippen LogP contribution >= 0.6 is 12.2 Å². The Morgan fingerprint density at radius 1 is 1.78 bits per heavy atom. The van der Waals surface area contributed by atoms with Gasteiger partial charge in [0.25, 0.3) is 0 Å². The zero-order valence-electron chi connectivity index (χ0n) is 4.85. The summed E-state index contributed by atoms with van der Waals surface area (Å²) < 4.78 is 0. The van der Waals surface area contributed by atoms with Crippen LogP contribution in [0.2, 0.25) is 0 Å². The minimum atomic E-state index is -0.0845. The predicted molar refractivity (Wildman–Crippen MR) is 37.8 cm³/mol. The van der Waals surface area contributed by atoms with Crippen molar-refractivity contribution in [2.45, 2.75) is 12.5 Å². The van der Waals surface area contributed by atoms with Crippen molar-refractivity contribution in [3.8, 4) is 6.07 Å². The molecule has 1 fully saturated rings. The Morgan fingerprint density at radius 3 is 3.00 bits per heavy atom. The molecular formula is C5H7N3S. The maximum absolute atomic E-state index is 8.41. The van der Waals surface area contributed by atoms with Gasteiger partial charge in [-0.3, -0.25) is 0 Å². The van der Waals surface area contributed by atoms with Crippen molar-refractivity contribution in [1.82, 2.24) is 10.6 Å². The second-order valence-corrected chi connectivity index (χ2v) is 2.28. The lowest BCUT2D eigenvalue weighted by atomic mass is 10.2. The fraction of sp³-hybridized carbons (Fsp3) is 0.600. The van der Waals surface area contributed by atoms with Gasteiger partial charge in [0, 0.05) is 6.54 Å². The van der Waals surface area contributed by atoms with E-state index in [-0.39, 0.29) is 6.04 Å². The third-order valence-electron chi connectivity index (χ3n) is 1.18. The zero-order chi connectivity index (χ0) is 6.69. The average Bonchev–Trinajstić information content (AvgIpc) is 1.88. The number of nitriles is 1. The molecule has 1 aliphatic rings. The fourth-order valence-electron chi connectivity index (χ4n) is 0.708. The summed E-state index contributed by atoms with van der Waals surface area (Å²) in [5.41, 5.74) is 0. The number of hydrogen-bond acceptors (Lipinski definition) is 2. The minimum Gasteiger partial charge on any atom is -0.363 e. The van der Waals surface area contributed by atoms with Gasteiger partial charge in [0.05, 0.1) is 6.07 Å². The van der Waals surface area contributed by atoms with E-state index in [9.17, 15) is 0 Å². The first-order valence-electron chi connectivity index (χ1n) is 2.77. The Morgan fingerprint density at radius 2 is 2.56 bits per heavy atom. The van der Waals surface area contributed by atoms with E-state index in [4.69, 9.17) is 17.5 Å². The number of rotatable bonds is 0. The largest absolute Gasteiger partial charge is 0.363 e. The van der Waals surface area contributed by atoms with Crippen molar-refractivity contribution in [2.24, 2.45) is 0 Å². The maximum atomic E-state index is 8.41. The number of thiocarbonyl (C=S) groups is 1. The molecule has 0 bridgehead atoms. The van der Waals surface area contributed by atoms with Gasteiger partial charge in [-0.25, -0.2) is 0 Å². The summed E-state index contributed by atoms with van der Waals surface area (Å²) in [4.78, 5) is 0. The lowest BCUT2D eigenvalue weighted by Crippen LogP contribution is -2.48. The van der Waals surface area contributed by atoms with E-state index >= 15 is 0 Å². The van der Waals surface area contributed by atoms with Gasteiger partial charge in [-0.05, 0) is 18.6 Å². The Labute approximate surface area is 59.0 Å². The summed E-state index contributed by atoms with van der Waals surface area (Å²) in [5, 5.41) is 14.7. The molecule has 0 aliphatic carbocycles. The fourth-order valence-corrected chi connectivity index (χ4v) is 0.953. The van der Waals surface area contributed by atoms with Crippen LogP contribution in [0, 0.1) is 11.3 Å². The van der Waals surface area contributed by atoms with Crippen LogP contribution in [0.25, 0.3) is 0 Å². The normalized spacial score (nSPS) is 25.7. The number of nitrogens with one attached hydrogen (secondary N) is 2. The standard InChI is InChI=1S/C5H7N3S/c6-3-4-1-2-7-5(9)8-4/h4H,1-2H2,(H2,7,8,9). The molecule has 0 aromatic rings. The van der Waals surface area contributed by atoms with Gasteiger partial charge in [0.2, 0.25) is 0 Å². The predicted octanol–water partition coefficient (Wildman–Crippen LogP) is -0.254. The quantitative estimate of drug-likeness (QED) is 0.456. The topological polar surface area (TPSA) is 47.9 Å². The monoisotopic (exact) mass is 141 g/mol. The van der Waals surface area contributed by atoms with Crippen LogP contribution in [-0.2, 0) is 0 Å². The van der Waals surface area contributed by atoms with Gasteiger partial charge < -0.3 is 10.6 Å². The third-order valence-corrected chi connectivity index (χ3v) is 1.44. The van der Waals surface area contributed by atoms with Crippen LogP contribution in [0.1, 0.15) is 6.42 Å². The number of nitrogens with zero attached hydrogens (tertiary/aromatic N) is 1. The highest BCUT2D eigenvalue weighted by Crippen LogP contribution is 1.93. The van der Waals surface area contributed by atoms with Crippen molar-refractivity contribution in [1.29, 1.82) is 5.26 Å².